The highest BCUT2D eigenvalue weighted by Gasteiger charge is 2.20. The van der Waals surface area contributed by atoms with Gasteiger partial charge in [-0.1, -0.05) is 24.3 Å². The van der Waals surface area contributed by atoms with E-state index in [1.54, 1.807) is 0 Å². The van der Waals surface area contributed by atoms with Gasteiger partial charge in [0.1, 0.15) is 0 Å². The Morgan fingerprint density at radius 1 is 1.00 bits per heavy atom. The van der Waals surface area contributed by atoms with Crippen molar-refractivity contribution in [2.24, 2.45) is 0 Å². The lowest BCUT2D eigenvalue weighted by Gasteiger charge is -2.36. The van der Waals surface area contributed by atoms with Gasteiger partial charge >= 0.3 is 0 Å². The summed E-state index contributed by atoms with van der Waals surface area (Å²) in [5, 5.41) is 3.08. The van der Waals surface area contributed by atoms with E-state index in [1.807, 2.05) is 6.07 Å². The number of nitrogens with one attached hydrogen (secondary N) is 1. The van der Waals surface area contributed by atoms with Crippen LogP contribution in [0.4, 0.5) is 11.4 Å². The van der Waals surface area contributed by atoms with Gasteiger partial charge in [-0.25, -0.2) is 0 Å². The molecule has 4 nitrogen and oxygen atoms in total. The summed E-state index contributed by atoms with van der Waals surface area (Å²) in [7, 11) is 0. The largest absolute Gasteiger partial charge is 0.369 e. The van der Waals surface area contributed by atoms with Crippen LogP contribution < -0.4 is 10.2 Å². The third-order valence-corrected chi connectivity index (χ3v) is 5.58. The quantitative estimate of drug-likeness (QED) is 0.920. The summed E-state index contributed by atoms with van der Waals surface area (Å²) in [6.45, 7) is 6.41. The van der Waals surface area contributed by atoms with E-state index < -0.39 is 0 Å². The monoisotopic (exact) mass is 349 g/mol. The molecule has 4 heteroatoms. The summed E-state index contributed by atoms with van der Waals surface area (Å²) >= 11 is 0. The summed E-state index contributed by atoms with van der Waals surface area (Å²) in [5.41, 5.74) is 6.41. The second kappa shape index (κ2) is 7.50. The molecule has 1 fully saturated rings. The lowest BCUT2D eigenvalue weighted by molar-refractivity contribution is -0.117. The number of rotatable bonds is 4. The van der Waals surface area contributed by atoms with Crippen LogP contribution in [0.15, 0.2) is 42.5 Å². The summed E-state index contributed by atoms with van der Waals surface area (Å²) in [5.74, 6) is 0.0901. The number of hydrogen-bond acceptors (Lipinski definition) is 3. The molecule has 0 radical (unpaired) electrons. The highest BCUT2D eigenvalue weighted by atomic mass is 16.2. The van der Waals surface area contributed by atoms with Gasteiger partial charge in [-0.3, -0.25) is 9.69 Å². The smallest absolute Gasteiger partial charge is 0.238 e. The highest BCUT2D eigenvalue weighted by molar-refractivity contribution is 5.92. The zero-order valence-electron chi connectivity index (χ0n) is 15.5. The Labute approximate surface area is 155 Å². The van der Waals surface area contributed by atoms with Crippen molar-refractivity contribution in [1.82, 2.24) is 4.90 Å². The fourth-order valence-electron chi connectivity index (χ4n) is 4.12. The van der Waals surface area contributed by atoms with Gasteiger partial charge < -0.3 is 10.2 Å². The number of para-hydroxylation sites is 1. The maximum Gasteiger partial charge on any atom is 0.238 e. The maximum atomic E-state index is 12.4. The van der Waals surface area contributed by atoms with Gasteiger partial charge in [-0.2, -0.15) is 0 Å². The third kappa shape index (κ3) is 3.75. The first-order valence-electron chi connectivity index (χ1n) is 9.63. The van der Waals surface area contributed by atoms with Crippen LogP contribution in [0.3, 0.4) is 0 Å². The van der Waals surface area contributed by atoms with Crippen LogP contribution in [-0.2, 0) is 17.6 Å². The molecule has 0 atom stereocenters. The molecule has 0 aromatic heterocycles. The van der Waals surface area contributed by atoms with Crippen molar-refractivity contribution in [1.29, 1.82) is 0 Å². The van der Waals surface area contributed by atoms with Gasteiger partial charge in [0.2, 0.25) is 5.91 Å². The van der Waals surface area contributed by atoms with E-state index in [9.17, 15) is 4.79 Å². The molecule has 0 spiro atoms. The molecule has 1 heterocycles. The number of piperazine rings is 1. The molecule has 1 N–H and O–H groups in total. The Morgan fingerprint density at radius 3 is 2.58 bits per heavy atom. The average Bonchev–Trinajstić information content (AvgIpc) is 3.11. The Morgan fingerprint density at radius 2 is 1.77 bits per heavy atom. The molecule has 1 aliphatic carbocycles. The van der Waals surface area contributed by atoms with Crippen LogP contribution in [0.25, 0.3) is 0 Å². The first-order chi connectivity index (χ1) is 12.7. The SMILES string of the molecule is Cc1ccccc1N1CCN(CC(=O)Nc2ccc3c(c2)CCC3)CC1. The second-order valence-corrected chi connectivity index (χ2v) is 7.43. The number of anilines is 2. The van der Waals surface area contributed by atoms with Gasteiger partial charge in [-0.05, 0) is 61.1 Å². The lowest BCUT2D eigenvalue weighted by atomic mass is 10.1. The number of benzene rings is 2. The first kappa shape index (κ1) is 17.1. The molecule has 2 aromatic rings. The van der Waals surface area contributed by atoms with Crippen molar-refractivity contribution >= 4 is 17.3 Å². The van der Waals surface area contributed by atoms with E-state index in [4.69, 9.17) is 0 Å². The zero-order chi connectivity index (χ0) is 17.9. The molecule has 1 amide bonds. The van der Waals surface area contributed by atoms with Crippen LogP contribution in [-0.4, -0.2) is 43.5 Å². The number of fused-ring (bicyclic) bond motifs is 1. The number of carbonyl (C=O) groups excluding carboxylic acids is 1. The van der Waals surface area contributed by atoms with Crippen molar-refractivity contribution in [3.63, 3.8) is 0 Å². The van der Waals surface area contributed by atoms with E-state index in [0.717, 1.165) is 38.3 Å². The summed E-state index contributed by atoms with van der Waals surface area (Å²) < 4.78 is 0. The molecular weight excluding hydrogens is 322 g/mol. The second-order valence-electron chi connectivity index (χ2n) is 7.43. The molecule has 0 unspecified atom stereocenters. The molecule has 0 bridgehead atoms. The van der Waals surface area contributed by atoms with Crippen molar-refractivity contribution in [2.45, 2.75) is 26.2 Å². The van der Waals surface area contributed by atoms with E-state index >= 15 is 0 Å². The minimum absolute atomic E-state index is 0.0901. The van der Waals surface area contributed by atoms with E-state index in [0.29, 0.717) is 6.54 Å². The van der Waals surface area contributed by atoms with Gasteiger partial charge in [-0.15, -0.1) is 0 Å². The standard InChI is InChI=1S/C22H27N3O/c1-17-5-2-3-8-21(17)25-13-11-24(12-14-25)16-22(26)23-20-10-9-18-6-4-7-19(18)15-20/h2-3,5,8-10,15H,4,6-7,11-14,16H2,1H3,(H,23,26). The topological polar surface area (TPSA) is 35.6 Å². The first-order valence-corrected chi connectivity index (χ1v) is 9.63. The van der Waals surface area contributed by atoms with Crippen molar-refractivity contribution in [3.8, 4) is 0 Å². The lowest BCUT2D eigenvalue weighted by Crippen LogP contribution is -2.48. The number of carbonyl (C=O) groups is 1. The third-order valence-electron chi connectivity index (χ3n) is 5.58. The van der Waals surface area contributed by atoms with Gasteiger partial charge in [0.25, 0.3) is 0 Å². The fraction of sp³-hybridized carbons (Fsp3) is 0.409. The van der Waals surface area contributed by atoms with E-state index in [1.165, 1.54) is 35.2 Å². The molecule has 0 saturated carbocycles. The highest BCUT2D eigenvalue weighted by Crippen LogP contribution is 2.25. The molecule has 136 valence electrons. The van der Waals surface area contributed by atoms with Crippen LogP contribution in [0.2, 0.25) is 0 Å². The molecule has 26 heavy (non-hydrogen) atoms. The average molecular weight is 349 g/mol. The molecule has 4 rings (SSSR count). The molecule has 1 saturated heterocycles. The molecular formula is C22H27N3O. The van der Waals surface area contributed by atoms with Crippen molar-refractivity contribution < 1.29 is 4.79 Å². The fourth-order valence-corrected chi connectivity index (χ4v) is 4.12. The van der Waals surface area contributed by atoms with Gasteiger partial charge in [0.15, 0.2) is 0 Å². The van der Waals surface area contributed by atoms with Crippen LogP contribution >= 0.6 is 0 Å². The maximum absolute atomic E-state index is 12.4. The number of hydrogen-bond donors (Lipinski definition) is 1. The number of nitrogens with zero attached hydrogens (tertiary/aromatic N) is 2. The molecule has 2 aliphatic rings. The van der Waals surface area contributed by atoms with E-state index in [2.05, 4.69) is 58.4 Å². The van der Waals surface area contributed by atoms with Crippen LogP contribution in [0, 0.1) is 6.92 Å². The van der Waals surface area contributed by atoms with Crippen molar-refractivity contribution in [2.75, 3.05) is 42.9 Å². The van der Waals surface area contributed by atoms with Crippen molar-refractivity contribution in [3.05, 3.63) is 59.2 Å². The van der Waals surface area contributed by atoms with Crippen LogP contribution in [0.1, 0.15) is 23.1 Å². The van der Waals surface area contributed by atoms with Crippen LogP contribution in [0.5, 0.6) is 0 Å². The van der Waals surface area contributed by atoms with Gasteiger partial charge in [0, 0.05) is 37.6 Å². The predicted molar refractivity (Wildman–Crippen MR) is 107 cm³/mol. The normalized spacial score (nSPS) is 17.2. The summed E-state index contributed by atoms with van der Waals surface area (Å²) in [6.07, 6.45) is 3.55. The van der Waals surface area contributed by atoms with Gasteiger partial charge in [0.05, 0.1) is 6.54 Å². The Hall–Kier alpha value is -2.33. The Kier molecular flexibility index (Phi) is 4.93. The summed E-state index contributed by atoms with van der Waals surface area (Å²) in [6, 6.07) is 14.9. The predicted octanol–water partition coefficient (Wildman–Crippen LogP) is 3.24. The molecule has 2 aromatic carbocycles. The Balaban J connectivity index is 1.29. The molecule has 1 aliphatic heterocycles. The number of amides is 1. The minimum atomic E-state index is 0.0901. The van der Waals surface area contributed by atoms with E-state index in [-0.39, 0.29) is 5.91 Å². The number of aryl methyl sites for hydroxylation is 3. The Bertz CT molecular complexity index is 794. The zero-order valence-corrected chi connectivity index (χ0v) is 15.5. The summed E-state index contributed by atoms with van der Waals surface area (Å²) in [4.78, 5) is 17.1. The minimum Gasteiger partial charge on any atom is -0.369 e.